The fourth-order valence-electron chi connectivity index (χ4n) is 3.74. The van der Waals surface area contributed by atoms with Crippen molar-refractivity contribution in [1.82, 2.24) is 4.90 Å². The van der Waals surface area contributed by atoms with E-state index in [-0.39, 0.29) is 42.5 Å². The van der Waals surface area contributed by atoms with Crippen LogP contribution in [-0.2, 0) is 20.8 Å². The van der Waals surface area contributed by atoms with Gasteiger partial charge in [0.05, 0.1) is 25.6 Å². The number of fused-ring (bicyclic) bond motifs is 1. The number of likely N-dealkylation sites (tertiary alicyclic amines) is 1. The molecular weight excluding hydrogens is 423 g/mol. The first-order valence-electron chi connectivity index (χ1n) is 10.3. The van der Waals surface area contributed by atoms with E-state index in [4.69, 9.17) is 20.2 Å². The number of carboxylic acid groups (broad SMARTS) is 2. The van der Waals surface area contributed by atoms with Crippen molar-refractivity contribution in [2.45, 2.75) is 44.7 Å². The normalized spacial score (nSPS) is 17.5. The highest BCUT2D eigenvalue weighted by molar-refractivity contribution is 6.44. The molecule has 0 aromatic heterocycles. The maximum Gasteiger partial charge on any atom is 0.522 e. The fraction of sp³-hybridized carbons (Fsp3) is 0.500. The summed E-state index contributed by atoms with van der Waals surface area (Å²) < 4.78 is 11.1. The molecule has 11 nitrogen and oxygen atoms in total. The van der Waals surface area contributed by atoms with Crippen molar-refractivity contribution in [3.05, 3.63) is 23.3 Å². The van der Waals surface area contributed by atoms with Crippen LogP contribution in [0.5, 0.6) is 11.5 Å². The number of Topliss-reactive ketones (excluding diaryl/α,β-unsaturated/α-hetero) is 1. The predicted molar refractivity (Wildman–Crippen MR) is 111 cm³/mol. The number of benzene rings is 1. The molecule has 1 aromatic carbocycles. The molecule has 12 heteroatoms. The van der Waals surface area contributed by atoms with E-state index in [0.717, 1.165) is 0 Å². The Bertz CT molecular complexity index is 932. The third-order valence-electron chi connectivity index (χ3n) is 5.52. The number of aliphatic carboxylic acids is 1. The Labute approximate surface area is 184 Å². The van der Waals surface area contributed by atoms with Gasteiger partial charge in [-0.25, -0.2) is 4.79 Å². The second-order valence-electron chi connectivity index (χ2n) is 8.10. The Morgan fingerprint density at radius 2 is 1.94 bits per heavy atom. The molecule has 1 saturated heterocycles. The van der Waals surface area contributed by atoms with Gasteiger partial charge in [-0.15, -0.1) is 0 Å². The topological polar surface area (TPSA) is 177 Å². The first-order chi connectivity index (χ1) is 15.1. The van der Waals surface area contributed by atoms with Gasteiger partial charge < -0.3 is 35.3 Å². The van der Waals surface area contributed by atoms with E-state index in [2.05, 4.69) is 0 Å². The zero-order valence-corrected chi connectivity index (χ0v) is 17.5. The summed E-state index contributed by atoms with van der Waals surface area (Å²) in [5.41, 5.74) is 6.05. The molecule has 5 N–H and O–H groups in total. The maximum absolute atomic E-state index is 12.5. The van der Waals surface area contributed by atoms with Gasteiger partial charge in [-0.3, -0.25) is 14.4 Å². The van der Waals surface area contributed by atoms with Gasteiger partial charge in [0.1, 0.15) is 23.2 Å². The lowest BCUT2D eigenvalue weighted by Crippen LogP contribution is -2.57. The van der Waals surface area contributed by atoms with Crippen LogP contribution in [0, 0.1) is 5.92 Å². The number of carboxylic acids is 2. The highest BCUT2D eigenvalue weighted by Crippen LogP contribution is 2.37. The van der Waals surface area contributed by atoms with Crippen LogP contribution < -0.4 is 15.1 Å². The standard InChI is InChI=1S/C20H25BN2O9/c1-10(6-14(24)13(22)7-16(25)26)19(27)23-8-12(9-23)31-15-3-2-11-4-5-21(30)32-18(11)17(15)20(28)29/h2-3,10,12-13,30H,4-9,22H2,1H3,(H,25,26)(H,28,29)/t10-,13+/m0/s1. The molecule has 0 spiro atoms. The lowest BCUT2D eigenvalue weighted by atomic mass is 9.78. The molecule has 2 atom stereocenters. The quantitative estimate of drug-likeness (QED) is 0.370. The number of hydrogen-bond donors (Lipinski definition) is 4. The summed E-state index contributed by atoms with van der Waals surface area (Å²) in [6.45, 7) is 1.98. The molecule has 2 aliphatic rings. The Hall–Kier alpha value is -3.12. The number of hydrogen-bond acceptors (Lipinski definition) is 8. The van der Waals surface area contributed by atoms with Crippen LogP contribution in [0.4, 0.5) is 0 Å². The summed E-state index contributed by atoms with van der Waals surface area (Å²) in [7, 11) is -1.08. The van der Waals surface area contributed by atoms with E-state index in [1.165, 1.54) is 4.90 Å². The van der Waals surface area contributed by atoms with Crippen LogP contribution in [0.2, 0.25) is 6.32 Å². The summed E-state index contributed by atoms with van der Waals surface area (Å²) in [5.74, 6) is -3.72. The number of aryl methyl sites for hydroxylation is 1. The van der Waals surface area contributed by atoms with Gasteiger partial charge in [-0.2, -0.15) is 0 Å². The van der Waals surface area contributed by atoms with Crippen LogP contribution in [-0.4, -0.2) is 76.1 Å². The predicted octanol–water partition coefficient (Wildman–Crippen LogP) is -0.213. The van der Waals surface area contributed by atoms with Gasteiger partial charge >= 0.3 is 19.1 Å². The van der Waals surface area contributed by atoms with Gasteiger partial charge in [-0.05, 0) is 24.4 Å². The van der Waals surface area contributed by atoms with Crippen molar-refractivity contribution in [1.29, 1.82) is 0 Å². The smallest absolute Gasteiger partial charge is 0.522 e. The number of carbonyl (C=O) groups is 4. The van der Waals surface area contributed by atoms with Gasteiger partial charge in [0, 0.05) is 12.3 Å². The number of amides is 1. The van der Waals surface area contributed by atoms with E-state index >= 15 is 0 Å². The number of aromatic carboxylic acids is 1. The summed E-state index contributed by atoms with van der Waals surface area (Å²) in [4.78, 5) is 48.5. The summed E-state index contributed by atoms with van der Waals surface area (Å²) in [5, 5.41) is 28.1. The van der Waals surface area contributed by atoms with Crippen LogP contribution in [0.25, 0.3) is 0 Å². The van der Waals surface area contributed by atoms with E-state index in [1.807, 2.05) is 0 Å². The lowest BCUT2D eigenvalue weighted by Gasteiger charge is -2.40. The van der Waals surface area contributed by atoms with Crippen molar-refractivity contribution in [2.24, 2.45) is 11.7 Å². The number of rotatable bonds is 9. The average molecular weight is 448 g/mol. The van der Waals surface area contributed by atoms with E-state index in [9.17, 15) is 29.3 Å². The average Bonchev–Trinajstić information content (AvgIpc) is 2.68. The van der Waals surface area contributed by atoms with Crippen molar-refractivity contribution in [3.63, 3.8) is 0 Å². The minimum Gasteiger partial charge on any atom is -0.535 e. The first kappa shape index (κ1) is 23.5. The minimum atomic E-state index is -1.25. The number of nitrogens with zero attached hydrogens (tertiary/aromatic N) is 1. The molecule has 32 heavy (non-hydrogen) atoms. The van der Waals surface area contributed by atoms with Crippen LogP contribution in [0.3, 0.4) is 0 Å². The summed E-state index contributed by atoms with van der Waals surface area (Å²) >= 11 is 0. The molecule has 2 heterocycles. The number of carbonyl (C=O) groups excluding carboxylic acids is 2. The third-order valence-corrected chi connectivity index (χ3v) is 5.52. The molecule has 1 amide bonds. The molecule has 0 unspecified atom stereocenters. The molecular formula is C20H25BN2O9. The molecule has 2 aliphatic heterocycles. The summed E-state index contributed by atoms with van der Waals surface area (Å²) in [6, 6.07) is 2.08. The molecule has 1 fully saturated rings. The largest absolute Gasteiger partial charge is 0.535 e. The Morgan fingerprint density at radius 1 is 1.25 bits per heavy atom. The zero-order chi connectivity index (χ0) is 23.6. The maximum atomic E-state index is 12.5. The molecule has 0 saturated carbocycles. The monoisotopic (exact) mass is 448 g/mol. The highest BCUT2D eigenvalue weighted by Gasteiger charge is 2.37. The highest BCUT2D eigenvalue weighted by atomic mass is 16.5. The van der Waals surface area contributed by atoms with Gasteiger partial charge in [-0.1, -0.05) is 13.0 Å². The van der Waals surface area contributed by atoms with Crippen LogP contribution >= 0.6 is 0 Å². The third kappa shape index (κ3) is 5.20. The summed E-state index contributed by atoms with van der Waals surface area (Å²) in [6.07, 6.45) is -0.250. The van der Waals surface area contributed by atoms with Crippen molar-refractivity contribution >= 4 is 30.7 Å². The second-order valence-corrected chi connectivity index (χ2v) is 8.10. The number of ether oxygens (including phenoxy) is 1. The molecule has 3 rings (SSSR count). The van der Waals surface area contributed by atoms with Crippen molar-refractivity contribution < 1.29 is 43.8 Å². The molecule has 0 radical (unpaired) electrons. The minimum absolute atomic E-state index is 0.0883. The molecule has 0 aliphatic carbocycles. The van der Waals surface area contributed by atoms with E-state index in [1.54, 1.807) is 19.1 Å². The molecule has 0 bridgehead atoms. The lowest BCUT2D eigenvalue weighted by molar-refractivity contribution is -0.145. The number of nitrogens with two attached hydrogens (primary N) is 1. The second kappa shape index (κ2) is 9.57. The molecule has 172 valence electrons. The Balaban J connectivity index is 1.58. The fourth-order valence-corrected chi connectivity index (χ4v) is 3.74. The Morgan fingerprint density at radius 3 is 2.56 bits per heavy atom. The van der Waals surface area contributed by atoms with Gasteiger partial charge in [0.25, 0.3) is 0 Å². The Kier molecular flexibility index (Phi) is 7.04. The first-order valence-corrected chi connectivity index (χ1v) is 10.3. The van der Waals surface area contributed by atoms with Crippen molar-refractivity contribution in [3.8, 4) is 11.5 Å². The van der Waals surface area contributed by atoms with Gasteiger partial charge in [0.2, 0.25) is 5.91 Å². The number of ketones is 1. The van der Waals surface area contributed by atoms with Gasteiger partial charge in [0.15, 0.2) is 5.78 Å². The SMILES string of the molecule is C[C@@H](CC(=O)[C@H](N)CC(=O)O)C(=O)N1CC(Oc2ccc3c(c2C(=O)O)OB(O)CC3)C1. The van der Waals surface area contributed by atoms with Crippen molar-refractivity contribution in [2.75, 3.05) is 13.1 Å². The molecule has 1 aromatic rings. The van der Waals surface area contributed by atoms with E-state index in [0.29, 0.717) is 18.3 Å². The van der Waals surface area contributed by atoms with Crippen LogP contribution in [0.1, 0.15) is 35.7 Å². The van der Waals surface area contributed by atoms with Crippen LogP contribution in [0.15, 0.2) is 12.1 Å². The van der Waals surface area contributed by atoms with E-state index < -0.39 is 49.3 Å². The zero-order valence-electron chi connectivity index (χ0n) is 17.5.